The lowest BCUT2D eigenvalue weighted by Gasteiger charge is -2.31. The first kappa shape index (κ1) is 17.9. The number of ether oxygens (including phenoxy) is 1. The van der Waals surface area contributed by atoms with Gasteiger partial charge in [-0.3, -0.25) is 9.69 Å². The zero-order valence-corrected chi connectivity index (χ0v) is 16.2. The molecule has 1 fully saturated rings. The van der Waals surface area contributed by atoms with Crippen LogP contribution in [-0.4, -0.2) is 62.2 Å². The highest BCUT2D eigenvalue weighted by Gasteiger charge is 2.31. The van der Waals surface area contributed by atoms with E-state index in [1.807, 2.05) is 45.2 Å². The molecule has 1 aromatic heterocycles. The Kier molecular flexibility index (Phi) is 4.85. The van der Waals surface area contributed by atoms with Crippen molar-refractivity contribution in [2.45, 2.75) is 13.8 Å². The number of hydrogen-bond acceptors (Lipinski definition) is 5. The summed E-state index contributed by atoms with van der Waals surface area (Å²) in [5, 5.41) is 0. The van der Waals surface area contributed by atoms with E-state index in [1.165, 1.54) is 0 Å². The van der Waals surface area contributed by atoms with Gasteiger partial charge in [0.1, 0.15) is 5.82 Å². The second-order valence-corrected chi connectivity index (χ2v) is 7.24. The number of para-hydroxylation sites is 2. The largest absolute Gasteiger partial charge is 0.379 e. The van der Waals surface area contributed by atoms with Crippen LogP contribution in [0.5, 0.6) is 0 Å². The van der Waals surface area contributed by atoms with E-state index in [-0.39, 0.29) is 5.91 Å². The van der Waals surface area contributed by atoms with Crippen LogP contribution in [0, 0.1) is 13.8 Å². The highest BCUT2D eigenvalue weighted by molar-refractivity contribution is 6.13. The fourth-order valence-corrected chi connectivity index (χ4v) is 3.94. The van der Waals surface area contributed by atoms with E-state index in [0.29, 0.717) is 5.56 Å². The van der Waals surface area contributed by atoms with Crippen molar-refractivity contribution in [1.29, 1.82) is 0 Å². The van der Waals surface area contributed by atoms with Gasteiger partial charge in [-0.25, -0.2) is 4.98 Å². The van der Waals surface area contributed by atoms with Gasteiger partial charge in [0, 0.05) is 38.9 Å². The minimum absolute atomic E-state index is 0.00341. The Morgan fingerprint density at radius 3 is 2.52 bits per heavy atom. The van der Waals surface area contributed by atoms with Crippen molar-refractivity contribution in [2.24, 2.45) is 0 Å². The van der Waals surface area contributed by atoms with Crippen LogP contribution in [0.25, 0.3) is 0 Å². The maximum absolute atomic E-state index is 13.2. The van der Waals surface area contributed by atoms with Gasteiger partial charge in [0.2, 0.25) is 0 Å². The summed E-state index contributed by atoms with van der Waals surface area (Å²) in [5.74, 6) is 0.763. The Labute approximate surface area is 160 Å². The molecule has 0 aliphatic carbocycles. The Bertz CT molecular complexity index is 861. The topological polar surface area (TPSA) is 48.9 Å². The summed E-state index contributed by atoms with van der Waals surface area (Å²) in [6.45, 7) is 9.12. The number of amides is 1. The minimum Gasteiger partial charge on any atom is -0.379 e. The number of hydrogen-bond donors (Lipinski definition) is 0. The lowest BCUT2D eigenvalue weighted by molar-refractivity contribution is 0.0394. The standard InChI is InChI=1S/C21H26N4O2/c1-15-14-16(2)22-20-19(15)21(26)23(3)17-6-4-5-7-18(17)25(20)9-8-24-10-12-27-13-11-24/h4-7,14H,8-13H2,1-3H3. The molecule has 27 heavy (non-hydrogen) atoms. The molecular formula is C21H26N4O2. The molecule has 2 aromatic rings. The zero-order chi connectivity index (χ0) is 19.0. The molecule has 0 bridgehead atoms. The quantitative estimate of drug-likeness (QED) is 0.836. The highest BCUT2D eigenvalue weighted by atomic mass is 16.5. The molecular weight excluding hydrogens is 340 g/mol. The molecule has 0 atom stereocenters. The van der Waals surface area contributed by atoms with Gasteiger partial charge in [0.25, 0.3) is 5.91 Å². The van der Waals surface area contributed by atoms with Crippen LogP contribution < -0.4 is 9.80 Å². The summed E-state index contributed by atoms with van der Waals surface area (Å²) in [4.78, 5) is 24.4. The van der Waals surface area contributed by atoms with Crippen molar-refractivity contribution in [2.75, 3.05) is 56.2 Å². The summed E-state index contributed by atoms with van der Waals surface area (Å²) in [6.07, 6.45) is 0. The minimum atomic E-state index is -0.00341. The third-order valence-corrected chi connectivity index (χ3v) is 5.38. The van der Waals surface area contributed by atoms with Gasteiger partial charge in [-0.05, 0) is 37.6 Å². The first-order chi connectivity index (χ1) is 13.1. The van der Waals surface area contributed by atoms with Crippen molar-refractivity contribution in [1.82, 2.24) is 9.88 Å². The normalized spacial score (nSPS) is 17.5. The van der Waals surface area contributed by atoms with Crippen molar-refractivity contribution in [3.05, 3.63) is 47.2 Å². The maximum atomic E-state index is 13.2. The smallest absolute Gasteiger partial charge is 0.262 e. The van der Waals surface area contributed by atoms with E-state index in [2.05, 4.69) is 15.9 Å². The lowest BCUT2D eigenvalue weighted by atomic mass is 10.1. The number of fused-ring (bicyclic) bond motifs is 2. The van der Waals surface area contributed by atoms with E-state index < -0.39 is 0 Å². The van der Waals surface area contributed by atoms with Crippen molar-refractivity contribution < 1.29 is 9.53 Å². The van der Waals surface area contributed by atoms with Gasteiger partial charge < -0.3 is 14.5 Å². The Balaban J connectivity index is 1.79. The molecule has 2 aliphatic rings. The Morgan fingerprint density at radius 2 is 1.78 bits per heavy atom. The highest BCUT2D eigenvalue weighted by Crippen LogP contribution is 2.40. The van der Waals surface area contributed by atoms with E-state index in [1.54, 1.807) is 4.90 Å². The molecule has 6 nitrogen and oxygen atoms in total. The predicted octanol–water partition coefficient (Wildman–Crippen LogP) is 2.76. The molecule has 1 amide bonds. The van der Waals surface area contributed by atoms with Crippen LogP contribution in [0.4, 0.5) is 17.2 Å². The number of benzene rings is 1. The van der Waals surface area contributed by atoms with Crippen LogP contribution in [0.2, 0.25) is 0 Å². The molecule has 0 spiro atoms. The van der Waals surface area contributed by atoms with Crippen LogP contribution in [0.1, 0.15) is 21.6 Å². The number of anilines is 3. The first-order valence-corrected chi connectivity index (χ1v) is 9.49. The SMILES string of the molecule is Cc1cc(C)c2c(n1)N(CCN1CCOCC1)c1ccccc1N(C)C2=O. The number of aromatic nitrogens is 1. The lowest BCUT2D eigenvalue weighted by Crippen LogP contribution is -2.40. The Hall–Kier alpha value is -2.44. The average molecular weight is 366 g/mol. The number of morpholine rings is 1. The molecule has 0 radical (unpaired) electrons. The third-order valence-electron chi connectivity index (χ3n) is 5.38. The van der Waals surface area contributed by atoms with E-state index in [0.717, 1.165) is 67.8 Å². The third kappa shape index (κ3) is 3.31. The van der Waals surface area contributed by atoms with Crippen LogP contribution >= 0.6 is 0 Å². The Morgan fingerprint density at radius 1 is 1.07 bits per heavy atom. The molecule has 1 aromatic carbocycles. The predicted molar refractivity (Wildman–Crippen MR) is 107 cm³/mol. The first-order valence-electron chi connectivity index (χ1n) is 9.49. The molecule has 0 unspecified atom stereocenters. The molecule has 4 rings (SSSR count). The fourth-order valence-electron chi connectivity index (χ4n) is 3.94. The summed E-state index contributed by atoms with van der Waals surface area (Å²) in [6, 6.07) is 10.1. The second-order valence-electron chi connectivity index (χ2n) is 7.24. The van der Waals surface area contributed by atoms with E-state index in [9.17, 15) is 4.79 Å². The van der Waals surface area contributed by atoms with Gasteiger partial charge in [-0.2, -0.15) is 0 Å². The van der Waals surface area contributed by atoms with Crippen LogP contribution in [-0.2, 0) is 4.74 Å². The number of pyridine rings is 1. The van der Waals surface area contributed by atoms with E-state index >= 15 is 0 Å². The van der Waals surface area contributed by atoms with Crippen LogP contribution in [0.15, 0.2) is 30.3 Å². The van der Waals surface area contributed by atoms with Crippen molar-refractivity contribution in [3.63, 3.8) is 0 Å². The molecule has 0 N–H and O–H groups in total. The summed E-state index contributed by atoms with van der Waals surface area (Å²) >= 11 is 0. The molecule has 1 saturated heterocycles. The second kappa shape index (κ2) is 7.29. The summed E-state index contributed by atoms with van der Waals surface area (Å²) in [7, 11) is 1.84. The van der Waals surface area contributed by atoms with Crippen molar-refractivity contribution in [3.8, 4) is 0 Å². The van der Waals surface area contributed by atoms with Gasteiger partial charge >= 0.3 is 0 Å². The molecule has 0 saturated carbocycles. The number of aryl methyl sites for hydroxylation is 2. The van der Waals surface area contributed by atoms with Crippen molar-refractivity contribution >= 4 is 23.1 Å². The summed E-state index contributed by atoms with van der Waals surface area (Å²) in [5.41, 5.74) is 4.54. The molecule has 6 heteroatoms. The van der Waals surface area contributed by atoms with Gasteiger partial charge in [-0.1, -0.05) is 12.1 Å². The van der Waals surface area contributed by atoms with Gasteiger partial charge in [0.15, 0.2) is 0 Å². The van der Waals surface area contributed by atoms with Gasteiger partial charge in [0.05, 0.1) is 30.2 Å². The van der Waals surface area contributed by atoms with E-state index in [4.69, 9.17) is 9.72 Å². The average Bonchev–Trinajstić information content (AvgIpc) is 2.76. The molecule has 2 aliphatic heterocycles. The number of carbonyl (C=O) groups excluding carboxylic acids is 1. The molecule has 3 heterocycles. The van der Waals surface area contributed by atoms with Crippen LogP contribution in [0.3, 0.4) is 0 Å². The number of nitrogens with zero attached hydrogens (tertiary/aromatic N) is 4. The fraction of sp³-hybridized carbons (Fsp3) is 0.429. The zero-order valence-electron chi connectivity index (χ0n) is 16.2. The maximum Gasteiger partial charge on any atom is 0.262 e. The summed E-state index contributed by atoms with van der Waals surface area (Å²) < 4.78 is 5.46. The van der Waals surface area contributed by atoms with Gasteiger partial charge in [-0.15, -0.1) is 0 Å². The monoisotopic (exact) mass is 366 g/mol. The number of rotatable bonds is 3. The number of carbonyl (C=O) groups is 1. The molecule has 142 valence electrons.